The van der Waals surface area contributed by atoms with Crippen LogP contribution in [0.2, 0.25) is 0 Å². The lowest BCUT2D eigenvalue weighted by molar-refractivity contribution is -0.309. The lowest BCUT2D eigenvalue weighted by Crippen LogP contribution is -2.69. The van der Waals surface area contributed by atoms with E-state index in [4.69, 9.17) is 11.2 Å². The molecule has 1 rings (SSSR count). The number of aliphatic hydroxyl groups excluding tert-OH is 3. The van der Waals surface area contributed by atoms with Gasteiger partial charge in [0.15, 0.2) is 5.79 Å². The molecule has 16 heavy (non-hydrogen) atoms. The Morgan fingerprint density at radius 1 is 1.56 bits per heavy atom. The maximum atomic E-state index is 11.1. The van der Waals surface area contributed by atoms with Gasteiger partial charge in [0.2, 0.25) is 5.91 Å². The third-order valence-electron chi connectivity index (χ3n) is 2.54. The number of ether oxygens (including phenoxy) is 1. The van der Waals surface area contributed by atoms with Gasteiger partial charge in [-0.25, -0.2) is 0 Å². The maximum Gasteiger partial charge on any atom is 0.217 e. The number of carbonyl (C=O) groups is 1. The molecular weight excluding hydrogens is 218 g/mol. The molecule has 1 heterocycles. The van der Waals surface area contributed by atoms with Crippen molar-refractivity contribution in [3.63, 3.8) is 0 Å². The second kappa shape index (κ2) is 4.64. The van der Waals surface area contributed by atoms with Gasteiger partial charge in [0.25, 0.3) is 0 Å². The van der Waals surface area contributed by atoms with Crippen LogP contribution in [0, 0.1) is 0 Å². The molecule has 0 aromatic rings. The molecule has 94 valence electrons. The van der Waals surface area contributed by atoms with Gasteiger partial charge in [0.1, 0.15) is 24.4 Å². The van der Waals surface area contributed by atoms with Gasteiger partial charge in [-0.2, -0.15) is 0 Å². The zero-order valence-electron chi connectivity index (χ0n) is 9.83. The molecule has 1 amide bonds. The van der Waals surface area contributed by atoms with Crippen LogP contribution in [0.5, 0.6) is 0 Å². The van der Waals surface area contributed by atoms with Gasteiger partial charge in [-0.05, 0) is 6.92 Å². The Kier molecular flexibility index (Phi) is 3.41. The van der Waals surface area contributed by atoms with Gasteiger partial charge in [-0.1, -0.05) is 0 Å². The summed E-state index contributed by atoms with van der Waals surface area (Å²) in [5.74, 6) is -2.65. The van der Waals surface area contributed by atoms with E-state index in [1.165, 1.54) is 6.92 Å². The molecule has 5 N–H and O–H groups in total. The summed E-state index contributed by atoms with van der Waals surface area (Å²) in [6.45, 7) is 0.0476. The van der Waals surface area contributed by atoms with Crippen molar-refractivity contribution in [2.75, 3.05) is 6.61 Å². The Morgan fingerprint density at radius 3 is 2.69 bits per heavy atom. The van der Waals surface area contributed by atoms with Crippen molar-refractivity contribution in [3.8, 4) is 0 Å². The van der Waals surface area contributed by atoms with Crippen molar-refractivity contribution in [2.24, 2.45) is 0 Å². The zero-order valence-corrected chi connectivity index (χ0v) is 8.83. The van der Waals surface area contributed by atoms with E-state index in [0.717, 1.165) is 0 Å². The average molecular weight is 236 g/mol. The Bertz CT molecular complexity index is 287. The number of hydrogen-bond donors (Lipinski definition) is 5. The molecule has 1 unspecified atom stereocenters. The average Bonchev–Trinajstić information content (AvgIpc) is 2.29. The van der Waals surface area contributed by atoms with Crippen LogP contribution in [0.3, 0.4) is 0 Å². The van der Waals surface area contributed by atoms with Crippen LogP contribution in [0.25, 0.3) is 0 Å². The number of hydrogen-bond acceptors (Lipinski definition) is 6. The largest absolute Gasteiger partial charge is 0.394 e. The summed E-state index contributed by atoms with van der Waals surface area (Å²) >= 11 is 0. The summed E-state index contributed by atoms with van der Waals surface area (Å²) in [5.41, 5.74) is 0. The van der Waals surface area contributed by atoms with E-state index < -0.39 is 49.6 Å². The molecule has 1 saturated heterocycles. The predicted octanol–water partition coefficient (Wildman–Crippen LogP) is -2.69. The van der Waals surface area contributed by atoms with Crippen LogP contribution in [-0.2, 0) is 9.53 Å². The topological polar surface area (TPSA) is 119 Å². The molecular formula is C9H17NO6. The van der Waals surface area contributed by atoms with Crippen LogP contribution >= 0.6 is 0 Å². The lowest BCUT2D eigenvalue weighted by Gasteiger charge is -2.46. The van der Waals surface area contributed by atoms with Crippen LogP contribution in [0.4, 0.5) is 0 Å². The standard InChI is InChI=1S/C9H17NO6/c1-4(12)10-8-7(14)6(13)5(3-11)16-9(8,2)15/h5-8,11,13-15H,3H2,1-2H3,(H,10,12)/t5-,6-,7+,8-,9?/m1/s1/i1D. The molecule has 0 saturated carbocycles. The number of rotatable bonds is 2. The molecule has 1 aliphatic rings. The highest BCUT2D eigenvalue weighted by Crippen LogP contribution is 2.27. The maximum absolute atomic E-state index is 11.1. The van der Waals surface area contributed by atoms with Crippen molar-refractivity contribution >= 4 is 5.91 Å². The predicted molar refractivity (Wildman–Crippen MR) is 52.2 cm³/mol. The highest BCUT2D eigenvalue weighted by Gasteiger charge is 2.50. The molecule has 0 aliphatic carbocycles. The van der Waals surface area contributed by atoms with Crippen molar-refractivity contribution in [1.82, 2.24) is 5.32 Å². The van der Waals surface area contributed by atoms with Crippen molar-refractivity contribution in [3.05, 3.63) is 0 Å². The van der Waals surface area contributed by atoms with Crippen LogP contribution in [0.1, 0.15) is 15.2 Å². The van der Waals surface area contributed by atoms with E-state index in [1.54, 1.807) is 0 Å². The molecule has 5 atom stereocenters. The summed E-state index contributed by atoms with van der Waals surface area (Å²) in [5, 5.41) is 40.3. The van der Waals surface area contributed by atoms with Gasteiger partial charge >= 0.3 is 0 Å². The minimum Gasteiger partial charge on any atom is -0.394 e. The minimum absolute atomic E-state index is 0.571. The van der Waals surface area contributed by atoms with Crippen molar-refractivity contribution in [2.45, 2.75) is 44.0 Å². The molecule has 1 fully saturated rings. The highest BCUT2D eigenvalue weighted by molar-refractivity contribution is 5.73. The highest BCUT2D eigenvalue weighted by atomic mass is 16.6. The third kappa shape index (κ3) is 2.50. The summed E-state index contributed by atoms with van der Waals surface area (Å²) in [6, 6.07) is -1.27. The molecule has 0 bridgehead atoms. The van der Waals surface area contributed by atoms with E-state index >= 15 is 0 Å². The first kappa shape index (κ1) is 11.7. The quantitative estimate of drug-likeness (QED) is 0.356. The van der Waals surface area contributed by atoms with Crippen molar-refractivity contribution < 1.29 is 31.3 Å². The monoisotopic (exact) mass is 236 g/mol. The number of aliphatic hydroxyl groups is 4. The van der Waals surface area contributed by atoms with Gasteiger partial charge in [-0.15, -0.1) is 0 Å². The molecule has 1 aliphatic heterocycles. The summed E-state index contributed by atoms with van der Waals surface area (Å²) in [7, 11) is 0. The number of nitrogens with one attached hydrogen (secondary N) is 1. The van der Waals surface area contributed by atoms with Crippen LogP contribution < -0.4 is 5.32 Å². The number of amides is 1. The Labute approximate surface area is 94.1 Å². The molecule has 0 radical (unpaired) electrons. The first-order valence-corrected chi connectivity index (χ1v) is 4.79. The first-order valence-electron chi connectivity index (χ1n) is 5.50. The lowest BCUT2D eigenvalue weighted by atomic mass is 9.91. The van der Waals surface area contributed by atoms with Gasteiger partial charge in [0.05, 0.1) is 6.61 Å². The Balaban J connectivity index is 2.84. The second-order valence-electron chi connectivity index (χ2n) is 3.92. The zero-order chi connectivity index (χ0) is 13.2. The Hall–Kier alpha value is -0.730. The fourth-order valence-corrected chi connectivity index (χ4v) is 1.72. The molecule has 0 aromatic carbocycles. The fraction of sp³-hybridized carbons (Fsp3) is 0.889. The summed E-state index contributed by atoms with van der Waals surface area (Å²) < 4.78 is 11.8. The van der Waals surface area contributed by atoms with E-state index in [9.17, 15) is 20.1 Å². The van der Waals surface area contributed by atoms with E-state index in [2.05, 4.69) is 5.32 Å². The molecule has 7 nitrogen and oxygen atoms in total. The first-order chi connectivity index (χ1) is 7.83. The van der Waals surface area contributed by atoms with Gasteiger partial charge in [0, 0.05) is 8.27 Å². The normalized spacial score (nSPS) is 44.9. The third-order valence-corrected chi connectivity index (χ3v) is 2.54. The molecule has 0 aromatic heterocycles. The van der Waals surface area contributed by atoms with Crippen LogP contribution in [-0.4, -0.2) is 63.1 Å². The van der Waals surface area contributed by atoms with E-state index in [0.29, 0.717) is 0 Å². The van der Waals surface area contributed by atoms with E-state index in [1.807, 2.05) is 0 Å². The molecule has 0 spiro atoms. The smallest absolute Gasteiger partial charge is 0.217 e. The minimum atomic E-state index is -1.93. The van der Waals surface area contributed by atoms with Crippen LogP contribution in [0.15, 0.2) is 0 Å². The second-order valence-corrected chi connectivity index (χ2v) is 3.92. The van der Waals surface area contributed by atoms with E-state index in [-0.39, 0.29) is 0 Å². The number of carbonyl (C=O) groups excluding carboxylic acids is 1. The van der Waals surface area contributed by atoms with Gasteiger partial charge < -0.3 is 30.5 Å². The Morgan fingerprint density at radius 2 is 2.19 bits per heavy atom. The summed E-state index contributed by atoms with van der Waals surface area (Å²) in [4.78, 5) is 11.1. The van der Waals surface area contributed by atoms with Crippen molar-refractivity contribution in [1.29, 1.82) is 0 Å². The molecule has 7 heteroatoms. The van der Waals surface area contributed by atoms with Gasteiger partial charge in [-0.3, -0.25) is 4.79 Å². The SMILES string of the molecule is [2H]CC(=O)N[C@@H]1[C@@H](O)[C@H](O)[C@@H](CO)OC1(C)O. The fourth-order valence-electron chi connectivity index (χ4n) is 1.72. The summed E-state index contributed by atoms with van der Waals surface area (Å²) in [6.07, 6.45) is -4.06.